The van der Waals surface area contributed by atoms with Crippen molar-refractivity contribution in [3.63, 3.8) is 0 Å². The van der Waals surface area contributed by atoms with Crippen molar-refractivity contribution in [3.05, 3.63) is 77.1 Å². The summed E-state index contributed by atoms with van der Waals surface area (Å²) < 4.78 is 39.9. The van der Waals surface area contributed by atoms with E-state index in [4.69, 9.17) is 9.05 Å². The lowest BCUT2D eigenvalue weighted by atomic mass is 9.99. The van der Waals surface area contributed by atoms with Crippen LogP contribution in [0.15, 0.2) is 62.5 Å². The van der Waals surface area contributed by atoms with Crippen molar-refractivity contribution in [1.29, 1.82) is 0 Å². The van der Waals surface area contributed by atoms with Crippen molar-refractivity contribution in [2.24, 2.45) is 5.92 Å². The van der Waals surface area contributed by atoms with Crippen LogP contribution in [0.1, 0.15) is 74.6 Å². The molecule has 218 valence electrons. The zero-order valence-corrected chi connectivity index (χ0v) is 25.2. The average Bonchev–Trinajstić information content (AvgIpc) is 3.51. The SMILES string of the molecule is CCCCC(=O)N(Cc1ccc(-c2ccccc2S(=O)(=O)Nc2onc(C)c2C)cc1)C(c1nc(C)no1)C(C)C. The number of hydrogen-bond acceptors (Lipinski definition) is 8. The molecule has 2 aromatic heterocycles. The monoisotopic (exact) mass is 579 g/mol. The number of sulfonamides is 1. The standard InChI is InChI=1S/C30H37N5O5S/c1-7-8-13-27(36)35(28(19(2)3)30-31-22(6)33-40-30)18-23-14-16-24(17-15-23)25-11-9-10-12-26(25)41(37,38)34-29-20(4)21(5)32-39-29/h9-12,14-17,19,28,34H,7-8,13,18H2,1-6H3. The van der Waals surface area contributed by atoms with E-state index >= 15 is 0 Å². The van der Waals surface area contributed by atoms with Gasteiger partial charge in [0.1, 0.15) is 6.04 Å². The van der Waals surface area contributed by atoms with Crippen LogP contribution in [-0.4, -0.2) is 34.5 Å². The normalized spacial score (nSPS) is 12.5. The van der Waals surface area contributed by atoms with E-state index in [1.807, 2.05) is 43.0 Å². The molecule has 0 aliphatic rings. The molecule has 1 N–H and O–H groups in total. The minimum Gasteiger partial charge on any atom is -0.337 e. The Hall–Kier alpha value is -3.99. The van der Waals surface area contributed by atoms with Gasteiger partial charge >= 0.3 is 0 Å². The predicted molar refractivity (Wildman–Crippen MR) is 155 cm³/mol. The molecule has 1 amide bonds. The second kappa shape index (κ2) is 12.7. The molecule has 4 aromatic rings. The molecule has 0 fully saturated rings. The summed E-state index contributed by atoms with van der Waals surface area (Å²) in [5.74, 6) is 1.10. The molecular weight excluding hydrogens is 542 g/mol. The number of amides is 1. The van der Waals surface area contributed by atoms with Crippen LogP contribution in [0, 0.1) is 26.7 Å². The molecule has 0 spiro atoms. The maximum Gasteiger partial charge on any atom is 0.264 e. The predicted octanol–water partition coefficient (Wildman–Crippen LogP) is 6.37. The molecule has 0 saturated carbocycles. The number of aryl methyl sites for hydroxylation is 2. The van der Waals surface area contributed by atoms with Gasteiger partial charge in [-0.15, -0.1) is 0 Å². The molecular formula is C30H37N5O5S. The summed E-state index contributed by atoms with van der Waals surface area (Å²) >= 11 is 0. The first-order valence-corrected chi connectivity index (χ1v) is 15.2. The number of aromatic nitrogens is 3. The highest BCUT2D eigenvalue weighted by molar-refractivity contribution is 7.92. The molecule has 0 radical (unpaired) electrons. The first kappa shape index (κ1) is 30.0. The molecule has 2 aromatic carbocycles. The molecule has 10 nitrogen and oxygen atoms in total. The number of unbranched alkanes of at least 4 members (excludes halogenated alkanes) is 1. The second-order valence-corrected chi connectivity index (χ2v) is 12.2. The van der Waals surface area contributed by atoms with Crippen molar-refractivity contribution in [3.8, 4) is 11.1 Å². The van der Waals surface area contributed by atoms with Crippen LogP contribution in [-0.2, 0) is 21.4 Å². The highest BCUT2D eigenvalue weighted by Crippen LogP contribution is 2.33. The lowest BCUT2D eigenvalue weighted by Gasteiger charge is -2.32. The van der Waals surface area contributed by atoms with Crippen molar-refractivity contribution in [2.75, 3.05) is 4.72 Å². The third-order valence-corrected chi connectivity index (χ3v) is 8.40. The zero-order valence-electron chi connectivity index (χ0n) is 24.3. The Bertz CT molecular complexity index is 1590. The summed E-state index contributed by atoms with van der Waals surface area (Å²) in [6.45, 7) is 11.7. The molecule has 1 atom stereocenters. The van der Waals surface area contributed by atoms with Gasteiger partial charge in [0, 0.05) is 24.1 Å². The highest BCUT2D eigenvalue weighted by Gasteiger charge is 2.32. The Kier molecular flexibility index (Phi) is 9.27. The van der Waals surface area contributed by atoms with Crippen LogP contribution in [0.5, 0.6) is 0 Å². The molecule has 0 aliphatic heterocycles. The van der Waals surface area contributed by atoms with Gasteiger partial charge in [0.25, 0.3) is 10.0 Å². The molecule has 0 saturated heterocycles. The van der Waals surface area contributed by atoms with Gasteiger partial charge in [-0.3, -0.25) is 4.79 Å². The largest absolute Gasteiger partial charge is 0.337 e. The Morgan fingerprint density at radius 1 is 1.00 bits per heavy atom. The first-order valence-electron chi connectivity index (χ1n) is 13.8. The van der Waals surface area contributed by atoms with Crippen LogP contribution >= 0.6 is 0 Å². The summed E-state index contributed by atoms with van der Waals surface area (Å²) in [7, 11) is -3.96. The number of hydrogen-bond donors (Lipinski definition) is 1. The van der Waals surface area contributed by atoms with Gasteiger partial charge in [-0.2, -0.15) is 4.98 Å². The van der Waals surface area contributed by atoms with E-state index in [0.29, 0.717) is 41.5 Å². The fourth-order valence-corrected chi connectivity index (χ4v) is 5.92. The molecule has 41 heavy (non-hydrogen) atoms. The average molecular weight is 580 g/mol. The second-order valence-electron chi connectivity index (χ2n) is 10.5. The smallest absolute Gasteiger partial charge is 0.264 e. The highest BCUT2D eigenvalue weighted by atomic mass is 32.2. The Morgan fingerprint density at radius 3 is 2.29 bits per heavy atom. The van der Waals surface area contributed by atoms with E-state index in [-0.39, 0.29) is 28.6 Å². The van der Waals surface area contributed by atoms with Crippen molar-refractivity contribution in [2.45, 2.75) is 78.3 Å². The summed E-state index contributed by atoms with van der Waals surface area (Å²) in [6.07, 6.45) is 2.12. The van der Waals surface area contributed by atoms with E-state index in [9.17, 15) is 13.2 Å². The minimum absolute atomic E-state index is 0.0194. The zero-order chi connectivity index (χ0) is 29.7. The van der Waals surface area contributed by atoms with Gasteiger partial charge < -0.3 is 13.9 Å². The van der Waals surface area contributed by atoms with E-state index in [0.717, 1.165) is 24.0 Å². The van der Waals surface area contributed by atoms with Crippen LogP contribution < -0.4 is 4.72 Å². The number of nitrogens with zero attached hydrogens (tertiary/aromatic N) is 4. The van der Waals surface area contributed by atoms with Crippen LogP contribution in [0.4, 0.5) is 5.88 Å². The number of carbonyl (C=O) groups is 1. The third kappa shape index (κ3) is 6.84. The van der Waals surface area contributed by atoms with Crippen molar-refractivity contribution in [1.82, 2.24) is 20.2 Å². The van der Waals surface area contributed by atoms with Crippen molar-refractivity contribution < 1.29 is 22.3 Å². The van der Waals surface area contributed by atoms with Gasteiger partial charge in [0.05, 0.1) is 10.6 Å². The van der Waals surface area contributed by atoms with Crippen LogP contribution in [0.3, 0.4) is 0 Å². The first-order chi connectivity index (χ1) is 19.5. The summed E-state index contributed by atoms with van der Waals surface area (Å²) in [5.41, 5.74) is 3.40. The quantitative estimate of drug-likeness (QED) is 0.205. The van der Waals surface area contributed by atoms with Crippen molar-refractivity contribution >= 4 is 21.8 Å². The summed E-state index contributed by atoms with van der Waals surface area (Å²) in [5, 5.41) is 7.79. The van der Waals surface area contributed by atoms with E-state index < -0.39 is 10.0 Å². The van der Waals surface area contributed by atoms with E-state index in [2.05, 4.69) is 26.9 Å². The number of rotatable bonds is 12. The maximum absolute atomic E-state index is 13.4. The van der Waals surface area contributed by atoms with Gasteiger partial charge in [-0.1, -0.05) is 80.0 Å². The van der Waals surface area contributed by atoms with Crippen LogP contribution in [0.25, 0.3) is 11.1 Å². The summed E-state index contributed by atoms with van der Waals surface area (Å²) in [6, 6.07) is 14.0. The van der Waals surface area contributed by atoms with E-state index in [1.165, 1.54) is 0 Å². The van der Waals surface area contributed by atoms with E-state index in [1.54, 1.807) is 45.0 Å². The molecule has 0 bridgehead atoms. The topological polar surface area (TPSA) is 131 Å². The Labute approximate surface area is 241 Å². The lowest BCUT2D eigenvalue weighted by molar-refractivity contribution is -0.136. The van der Waals surface area contributed by atoms with Gasteiger partial charge in [0.2, 0.25) is 17.7 Å². The lowest BCUT2D eigenvalue weighted by Crippen LogP contribution is -2.37. The molecule has 0 aliphatic carbocycles. The number of nitrogens with one attached hydrogen (secondary N) is 1. The Morgan fingerprint density at radius 2 is 1.71 bits per heavy atom. The fraction of sp³-hybridized carbons (Fsp3) is 0.400. The van der Waals surface area contributed by atoms with Gasteiger partial charge in [-0.05, 0) is 50.3 Å². The third-order valence-electron chi connectivity index (χ3n) is 7.01. The minimum atomic E-state index is -3.96. The Balaban J connectivity index is 1.63. The molecule has 4 rings (SSSR count). The fourth-order valence-electron chi connectivity index (χ4n) is 4.64. The van der Waals surface area contributed by atoms with Gasteiger partial charge in [-0.25, -0.2) is 13.1 Å². The number of anilines is 1. The van der Waals surface area contributed by atoms with Crippen LogP contribution in [0.2, 0.25) is 0 Å². The molecule has 1 unspecified atom stereocenters. The molecule has 2 heterocycles. The summed E-state index contributed by atoms with van der Waals surface area (Å²) in [4.78, 5) is 19.8. The molecule has 11 heteroatoms. The maximum atomic E-state index is 13.4. The number of carbonyl (C=O) groups excluding carboxylic acids is 1. The van der Waals surface area contributed by atoms with Gasteiger partial charge in [0.15, 0.2) is 5.82 Å². The number of benzene rings is 2.